The lowest BCUT2D eigenvalue weighted by molar-refractivity contribution is 0.0106. The van der Waals surface area contributed by atoms with Crippen molar-refractivity contribution in [1.29, 1.82) is 0 Å². The van der Waals surface area contributed by atoms with Crippen LogP contribution in [0.5, 0.6) is 0 Å². The van der Waals surface area contributed by atoms with E-state index in [1.54, 1.807) is 5.57 Å². The zero-order chi connectivity index (χ0) is 21.7. The van der Waals surface area contributed by atoms with E-state index in [-0.39, 0.29) is 6.61 Å². The van der Waals surface area contributed by atoms with E-state index in [1.165, 1.54) is 51.4 Å². The Bertz CT molecular complexity index is 752. The fourth-order valence-corrected chi connectivity index (χ4v) is 8.65. The molecule has 0 saturated heterocycles. The molecule has 1 heteroatoms. The van der Waals surface area contributed by atoms with Gasteiger partial charge in [-0.15, -0.1) is 0 Å². The molecule has 0 bridgehead atoms. The fraction of sp³-hybridized carbons (Fsp3) is 0.793. The second-order valence-electron chi connectivity index (χ2n) is 12.5. The SMILES string of the molecule is CC(=CCCC(C)[C@H]1CC[C@H]2C3=C(C=C[C@]12C)[C@@]1(C)CCCC(C)(C)C1CC3)CO. The third-order valence-electron chi connectivity index (χ3n) is 10.3. The molecule has 0 radical (unpaired) electrons. The molecule has 6 atom stereocenters. The maximum Gasteiger partial charge on any atom is 0.0639 e. The van der Waals surface area contributed by atoms with Crippen LogP contribution in [0.25, 0.3) is 0 Å². The second kappa shape index (κ2) is 7.95. The number of allylic oxidation sites excluding steroid dienone is 5. The van der Waals surface area contributed by atoms with Crippen LogP contribution in [0.4, 0.5) is 0 Å². The smallest absolute Gasteiger partial charge is 0.0639 e. The van der Waals surface area contributed by atoms with Crippen LogP contribution < -0.4 is 0 Å². The summed E-state index contributed by atoms with van der Waals surface area (Å²) in [7, 11) is 0. The van der Waals surface area contributed by atoms with Crippen LogP contribution in [0.15, 0.2) is 34.9 Å². The summed E-state index contributed by atoms with van der Waals surface area (Å²) in [5.41, 5.74) is 5.99. The minimum Gasteiger partial charge on any atom is -0.392 e. The summed E-state index contributed by atoms with van der Waals surface area (Å²) in [6.45, 7) is 15.0. The summed E-state index contributed by atoms with van der Waals surface area (Å²) in [5.74, 6) is 3.17. The maximum absolute atomic E-state index is 9.27. The second-order valence-corrected chi connectivity index (χ2v) is 12.5. The van der Waals surface area contributed by atoms with Gasteiger partial charge in [-0.3, -0.25) is 0 Å². The first kappa shape index (κ1) is 22.4. The van der Waals surface area contributed by atoms with Crippen molar-refractivity contribution in [2.24, 2.45) is 39.9 Å². The topological polar surface area (TPSA) is 20.2 Å². The standard InChI is InChI=1S/C29H46O/c1-20(19-30)9-7-10-21(2)23-12-13-24-22-11-14-26-27(3,4)16-8-17-29(26,6)25(22)15-18-28(23,24)5/h9,15,18,21,23-24,26,30H,7-8,10-14,16-17,19H2,1-6H3/t21?,23-,24+,26?,28-,29-/m1/s1. The lowest BCUT2D eigenvalue weighted by atomic mass is 9.47. The predicted octanol–water partition coefficient (Wildman–Crippen LogP) is 7.87. The van der Waals surface area contributed by atoms with Gasteiger partial charge in [0.2, 0.25) is 0 Å². The van der Waals surface area contributed by atoms with Crippen molar-refractivity contribution < 1.29 is 5.11 Å². The molecule has 168 valence electrons. The van der Waals surface area contributed by atoms with Gasteiger partial charge in [-0.05, 0) is 104 Å². The molecule has 0 spiro atoms. The van der Waals surface area contributed by atoms with Gasteiger partial charge in [-0.2, -0.15) is 0 Å². The van der Waals surface area contributed by atoms with Gasteiger partial charge in [0.05, 0.1) is 6.61 Å². The molecule has 0 aromatic heterocycles. The molecule has 2 saturated carbocycles. The Morgan fingerprint density at radius 2 is 1.93 bits per heavy atom. The molecule has 2 fully saturated rings. The van der Waals surface area contributed by atoms with Crippen molar-refractivity contribution in [3.63, 3.8) is 0 Å². The van der Waals surface area contributed by atoms with Gasteiger partial charge in [-0.25, -0.2) is 0 Å². The summed E-state index contributed by atoms with van der Waals surface area (Å²) >= 11 is 0. The van der Waals surface area contributed by atoms with Gasteiger partial charge in [0.15, 0.2) is 0 Å². The minimum absolute atomic E-state index is 0.202. The number of aliphatic hydroxyl groups is 1. The van der Waals surface area contributed by atoms with E-state index >= 15 is 0 Å². The van der Waals surface area contributed by atoms with Crippen LogP contribution in [0.3, 0.4) is 0 Å². The van der Waals surface area contributed by atoms with Gasteiger partial charge < -0.3 is 5.11 Å². The first-order valence-corrected chi connectivity index (χ1v) is 12.8. The predicted molar refractivity (Wildman–Crippen MR) is 128 cm³/mol. The molecule has 1 nitrogen and oxygen atoms in total. The lowest BCUT2D eigenvalue weighted by Crippen LogP contribution is -2.47. The van der Waals surface area contributed by atoms with Crippen LogP contribution >= 0.6 is 0 Å². The highest BCUT2D eigenvalue weighted by Crippen LogP contribution is 2.66. The highest BCUT2D eigenvalue weighted by molar-refractivity contribution is 5.44. The van der Waals surface area contributed by atoms with Crippen LogP contribution in [0, 0.1) is 39.9 Å². The van der Waals surface area contributed by atoms with Gasteiger partial charge in [0.1, 0.15) is 0 Å². The molecule has 4 aliphatic carbocycles. The first-order valence-electron chi connectivity index (χ1n) is 12.8. The van der Waals surface area contributed by atoms with E-state index in [4.69, 9.17) is 0 Å². The molecule has 0 aromatic carbocycles. The summed E-state index contributed by atoms with van der Waals surface area (Å²) in [6, 6.07) is 0. The van der Waals surface area contributed by atoms with Crippen molar-refractivity contribution in [2.45, 2.75) is 99.3 Å². The monoisotopic (exact) mass is 410 g/mol. The summed E-state index contributed by atoms with van der Waals surface area (Å²) < 4.78 is 0. The van der Waals surface area contributed by atoms with E-state index < -0.39 is 0 Å². The van der Waals surface area contributed by atoms with E-state index in [0.29, 0.717) is 16.2 Å². The molecule has 0 heterocycles. The molecule has 4 rings (SSSR count). The summed E-state index contributed by atoms with van der Waals surface area (Å²) in [6.07, 6.45) is 19.6. The van der Waals surface area contributed by atoms with E-state index in [0.717, 1.165) is 35.7 Å². The number of hydrogen-bond acceptors (Lipinski definition) is 1. The van der Waals surface area contributed by atoms with E-state index in [2.05, 4.69) is 52.8 Å². The van der Waals surface area contributed by atoms with Gasteiger partial charge in [0, 0.05) is 0 Å². The number of rotatable bonds is 5. The Hall–Kier alpha value is -0.820. The van der Waals surface area contributed by atoms with Crippen LogP contribution in [-0.2, 0) is 0 Å². The quantitative estimate of drug-likeness (QED) is 0.457. The largest absolute Gasteiger partial charge is 0.392 e. The Kier molecular flexibility index (Phi) is 5.93. The molecule has 0 aromatic rings. The molecule has 4 aliphatic rings. The molecular weight excluding hydrogens is 364 g/mol. The molecule has 30 heavy (non-hydrogen) atoms. The zero-order valence-corrected chi connectivity index (χ0v) is 20.6. The van der Waals surface area contributed by atoms with Crippen molar-refractivity contribution in [1.82, 2.24) is 0 Å². The van der Waals surface area contributed by atoms with Crippen molar-refractivity contribution in [2.75, 3.05) is 6.61 Å². The highest BCUT2D eigenvalue weighted by atomic mass is 16.3. The normalized spacial score (nSPS) is 41.3. The third-order valence-corrected chi connectivity index (χ3v) is 10.3. The van der Waals surface area contributed by atoms with Gasteiger partial charge in [-0.1, -0.05) is 70.4 Å². The van der Waals surface area contributed by atoms with Crippen molar-refractivity contribution in [3.05, 3.63) is 34.9 Å². The molecule has 0 aliphatic heterocycles. The molecule has 0 amide bonds. The average Bonchev–Trinajstić information content (AvgIpc) is 3.04. The third kappa shape index (κ3) is 3.48. The first-order chi connectivity index (χ1) is 14.1. The summed E-state index contributed by atoms with van der Waals surface area (Å²) in [4.78, 5) is 0. The Balaban J connectivity index is 1.56. The molecule has 2 unspecified atom stereocenters. The van der Waals surface area contributed by atoms with Crippen LogP contribution in [0.1, 0.15) is 99.3 Å². The van der Waals surface area contributed by atoms with Crippen molar-refractivity contribution in [3.8, 4) is 0 Å². The average molecular weight is 411 g/mol. The van der Waals surface area contributed by atoms with Crippen molar-refractivity contribution >= 4 is 0 Å². The summed E-state index contributed by atoms with van der Waals surface area (Å²) in [5, 5.41) is 9.27. The Morgan fingerprint density at radius 3 is 2.67 bits per heavy atom. The minimum atomic E-state index is 0.202. The van der Waals surface area contributed by atoms with Gasteiger partial charge in [0.25, 0.3) is 0 Å². The number of aliphatic hydroxyl groups excluding tert-OH is 1. The Labute approximate surface area is 186 Å². The number of hydrogen-bond donors (Lipinski definition) is 1. The van der Waals surface area contributed by atoms with Crippen LogP contribution in [0.2, 0.25) is 0 Å². The van der Waals surface area contributed by atoms with Gasteiger partial charge >= 0.3 is 0 Å². The fourth-order valence-electron chi connectivity index (χ4n) is 8.65. The van der Waals surface area contributed by atoms with E-state index in [9.17, 15) is 5.11 Å². The van der Waals surface area contributed by atoms with Crippen LogP contribution in [-0.4, -0.2) is 11.7 Å². The molecular formula is C29H46O. The molecule has 1 N–H and O–H groups in total. The maximum atomic E-state index is 9.27. The highest BCUT2D eigenvalue weighted by Gasteiger charge is 2.56. The number of fused-ring (bicyclic) bond motifs is 4. The van der Waals surface area contributed by atoms with E-state index in [1.807, 2.05) is 12.5 Å². The lowest BCUT2D eigenvalue weighted by Gasteiger charge is -2.57. The Morgan fingerprint density at radius 1 is 1.17 bits per heavy atom. The zero-order valence-electron chi connectivity index (χ0n) is 20.6.